The molecule has 1 saturated carbocycles. The molecule has 0 saturated heterocycles. The number of hydrogen-bond acceptors (Lipinski definition) is 4. The molecule has 3 rings (SSSR count). The second kappa shape index (κ2) is 4.74. The van der Waals surface area contributed by atoms with Crippen molar-refractivity contribution in [2.45, 2.75) is 25.2 Å². The van der Waals surface area contributed by atoms with E-state index in [1.54, 1.807) is 0 Å². The van der Waals surface area contributed by atoms with Gasteiger partial charge in [-0.05, 0) is 12.8 Å². The molecule has 1 fully saturated rings. The summed E-state index contributed by atoms with van der Waals surface area (Å²) in [4.78, 5) is 9.12. The molecule has 0 radical (unpaired) electrons. The maximum absolute atomic E-state index is 5.49. The van der Waals surface area contributed by atoms with Gasteiger partial charge in [-0.25, -0.2) is 15.8 Å². The number of nitrogens with two attached hydrogens (primary N) is 1. The summed E-state index contributed by atoms with van der Waals surface area (Å²) < 4.78 is 0. The van der Waals surface area contributed by atoms with Gasteiger partial charge in [-0.2, -0.15) is 0 Å². The molecule has 18 heavy (non-hydrogen) atoms. The zero-order valence-corrected chi connectivity index (χ0v) is 10.1. The van der Waals surface area contributed by atoms with Crippen LogP contribution in [0.5, 0.6) is 0 Å². The lowest BCUT2D eigenvalue weighted by Gasteiger charge is -2.24. The number of benzene rings is 1. The number of nitrogens with one attached hydrogen (secondary N) is 1. The Hall–Kier alpha value is -1.94. The third-order valence-corrected chi connectivity index (χ3v) is 3.43. The summed E-state index contributed by atoms with van der Waals surface area (Å²) >= 11 is 0. The Morgan fingerprint density at radius 2 is 1.89 bits per heavy atom. The molecule has 1 aliphatic carbocycles. The lowest BCUT2D eigenvalue weighted by molar-refractivity contribution is 0.402. The summed E-state index contributed by atoms with van der Waals surface area (Å²) in [5.41, 5.74) is 4.65. The minimum atomic E-state index is 0.501. The van der Waals surface area contributed by atoms with Crippen LogP contribution in [-0.4, -0.2) is 9.97 Å². The smallest absolute Gasteiger partial charge is 0.144 e. The molecule has 0 spiro atoms. The minimum absolute atomic E-state index is 0.501. The highest BCUT2D eigenvalue weighted by Crippen LogP contribution is 2.35. The van der Waals surface area contributed by atoms with E-state index < -0.39 is 0 Å². The van der Waals surface area contributed by atoms with Gasteiger partial charge in [0, 0.05) is 17.5 Å². The van der Waals surface area contributed by atoms with Crippen molar-refractivity contribution >= 4 is 5.82 Å². The van der Waals surface area contributed by atoms with E-state index in [0.29, 0.717) is 11.7 Å². The average Bonchev–Trinajstić information content (AvgIpc) is 2.37. The fourth-order valence-electron chi connectivity index (χ4n) is 2.15. The molecular weight excluding hydrogens is 224 g/mol. The molecule has 0 bridgehead atoms. The van der Waals surface area contributed by atoms with Gasteiger partial charge in [-0.15, -0.1) is 0 Å². The molecule has 1 aromatic heterocycles. The monoisotopic (exact) mass is 240 g/mol. The maximum atomic E-state index is 5.49. The van der Waals surface area contributed by atoms with E-state index in [0.717, 1.165) is 17.1 Å². The van der Waals surface area contributed by atoms with Crippen LogP contribution in [0.3, 0.4) is 0 Å². The van der Waals surface area contributed by atoms with Crippen LogP contribution in [0.4, 0.5) is 5.82 Å². The van der Waals surface area contributed by atoms with Crippen LogP contribution < -0.4 is 11.3 Å². The second-order valence-corrected chi connectivity index (χ2v) is 4.63. The van der Waals surface area contributed by atoms with Gasteiger partial charge in [-0.1, -0.05) is 36.8 Å². The normalized spacial score (nSPS) is 15.2. The lowest BCUT2D eigenvalue weighted by atomic mass is 9.85. The molecule has 0 aliphatic heterocycles. The Morgan fingerprint density at radius 1 is 1.11 bits per heavy atom. The number of hydrogen-bond donors (Lipinski definition) is 2. The molecule has 4 nitrogen and oxygen atoms in total. The van der Waals surface area contributed by atoms with E-state index in [-0.39, 0.29) is 0 Å². The van der Waals surface area contributed by atoms with Gasteiger partial charge in [0.15, 0.2) is 0 Å². The number of anilines is 1. The number of nitrogens with zero attached hydrogens (tertiary/aromatic N) is 2. The van der Waals surface area contributed by atoms with Crippen molar-refractivity contribution in [3.05, 3.63) is 42.2 Å². The van der Waals surface area contributed by atoms with Gasteiger partial charge in [0.05, 0.1) is 5.69 Å². The topological polar surface area (TPSA) is 63.8 Å². The summed E-state index contributed by atoms with van der Waals surface area (Å²) in [5.74, 6) is 7.58. The molecule has 0 atom stereocenters. The summed E-state index contributed by atoms with van der Waals surface area (Å²) in [6, 6.07) is 12.0. The quantitative estimate of drug-likeness (QED) is 0.639. The van der Waals surface area contributed by atoms with Gasteiger partial charge in [0.1, 0.15) is 11.6 Å². The van der Waals surface area contributed by atoms with Crippen LogP contribution >= 0.6 is 0 Å². The van der Waals surface area contributed by atoms with E-state index in [9.17, 15) is 0 Å². The van der Waals surface area contributed by atoms with Gasteiger partial charge >= 0.3 is 0 Å². The van der Waals surface area contributed by atoms with Crippen LogP contribution in [0.15, 0.2) is 36.4 Å². The molecular formula is C14H16N4. The molecule has 1 aliphatic rings. The number of rotatable bonds is 3. The largest absolute Gasteiger partial charge is 0.308 e. The zero-order valence-electron chi connectivity index (χ0n) is 10.1. The van der Waals surface area contributed by atoms with E-state index in [2.05, 4.69) is 15.4 Å². The van der Waals surface area contributed by atoms with Crippen molar-refractivity contribution in [1.82, 2.24) is 9.97 Å². The second-order valence-electron chi connectivity index (χ2n) is 4.63. The van der Waals surface area contributed by atoms with Crippen molar-refractivity contribution in [3.63, 3.8) is 0 Å². The van der Waals surface area contributed by atoms with Crippen LogP contribution in [0.25, 0.3) is 11.3 Å². The predicted octanol–water partition coefficient (Wildman–Crippen LogP) is 2.70. The van der Waals surface area contributed by atoms with Gasteiger partial charge < -0.3 is 5.43 Å². The first-order chi connectivity index (χ1) is 8.86. The van der Waals surface area contributed by atoms with Crippen LogP contribution in [0.2, 0.25) is 0 Å². The summed E-state index contributed by atoms with van der Waals surface area (Å²) in [7, 11) is 0. The van der Waals surface area contributed by atoms with E-state index in [1.165, 1.54) is 19.3 Å². The summed E-state index contributed by atoms with van der Waals surface area (Å²) in [5, 5.41) is 0. The standard InChI is InChI=1S/C14H16N4/c15-18-13-9-12(10-5-2-1-3-6-10)16-14(17-13)11-7-4-8-11/h1-3,5-6,9,11H,4,7-8,15H2,(H,16,17,18). The van der Waals surface area contributed by atoms with Crippen molar-refractivity contribution in [3.8, 4) is 11.3 Å². The molecule has 0 amide bonds. The minimum Gasteiger partial charge on any atom is -0.308 e. The van der Waals surface area contributed by atoms with Crippen molar-refractivity contribution in [1.29, 1.82) is 0 Å². The molecule has 92 valence electrons. The van der Waals surface area contributed by atoms with E-state index in [4.69, 9.17) is 5.84 Å². The fourth-order valence-corrected chi connectivity index (χ4v) is 2.15. The molecule has 1 aromatic carbocycles. The first kappa shape index (κ1) is 11.2. The summed E-state index contributed by atoms with van der Waals surface area (Å²) in [6.07, 6.45) is 3.64. The highest BCUT2D eigenvalue weighted by molar-refractivity contribution is 5.62. The van der Waals surface area contributed by atoms with Crippen LogP contribution in [0.1, 0.15) is 31.0 Å². The molecule has 0 unspecified atom stereocenters. The lowest BCUT2D eigenvalue weighted by Crippen LogP contribution is -2.16. The SMILES string of the molecule is NNc1cc(-c2ccccc2)nc(C2CCC2)n1. The molecule has 4 heteroatoms. The number of aromatic nitrogens is 2. The fraction of sp³-hybridized carbons (Fsp3) is 0.286. The first-order valence-electron chi connectivity index (χ1n) is 6.28. The zero-order chi connectivity index (χ0) is 12.4. The van der Waals surface area contributed by atoms with Crippen LogP contribution in [-0.2, 0) is 0 Å². The maximum Gasteiger partial charge on any atom is 0.144 e. The average molecular weight is 240 g/mol. The van der Waals surface area contributed by atoms with Crippen molar-refractivity contribution < 1.29 is 0 Å². The highest BCUT2D eigenvalue weighted by Gasteiger charge is 2.23. The van der Waals surface area contributed by atoms with E-state index in [1.807, 2.05) is 36.4 Å². The van der Waals surface area contributed by atoms with Crippen molar-refractivity contribution in [2.75, 3.05) is 5.43 Å². The van der Waals surface area contributed by atoms with Gasteiger partial charge in [0.25, 0.3) is 0 Å². The Balaban J connectivity index is 2.03. The summed E-state index contributed by atoms with van der Waals surface area (Å²) in [6.45, 7) is 0. The molecule has 2 aromatic rings. The molecule has 1 heterocycles. The van der Waals surface area contributed by atoms with Gasteiger partial charge in [0.2, 0.25) is 0 Å². The van der Waals surface area contributed by atoms with Gasteiger partial charge in [-0.3, -0.25) is 0 Å². The Labute approximate surface area is 106 Å². The van der Waals surface area contributed by atoms with Crippen LogP contribution in [0, 0.1) is 0 Å². The van der Waals surface area contributed by atoms with Crippen molar-refractivity contribution in [2.24, 2.45) is 5.84 Å². The van der Waals surface area contributed by atoms with E-state index >= 15 is 0 Å². The first-order valence-corrected chi connectivity index (χ1v) is 6.28. The Kier molecular flexibility index (Phi) is 2.94. The third kappa shape index (κ3) is 2.07. The number of nitrogen functional groups attached to an aromatic ring is 1. The predicted molar refractivity (Wildman–Crippen MR) is 71.9 cm³/mol. The third-order valence-electron chi connectivity index (χ3n) is 3.43. The Bertz CT molecular complexity index is 535. The Morgan fingerprint density at radius 3 is 2.50 bits per heavy atom. The number of hydrazine groups is 1. The highest BCUT2D eigenvalue weighted by atomic mass is 15.3. The molecule has 3 N–H and O–H groups in total.